The maximum absolute atomic E-state index is 12.1. The molecular formula is C13H11ClN2O2S. The van der Waals surface area contributed by atoms with Gasteiger partial charge < -0.3 is 4.74 Å². The summed E-state index contributed by atoms with van der Waals surface area (Å²) in [5.74, 6) is -0.238. The third-order valence-corrected chi connectivity index (χ3v) is 4.15. The Balaban J connectivity index is 1.80. The maximum Gasteiger partial charge on any atom is 0.258 e. The number of hydrogen-bond donors (Lipinski definition) is 1. The summed E-state index contributed by atoms with van der Waals surface area (Å²) in [5, 5.41) is 3.82. The number of halogens is 1. The zero-order valence-electron chi connectivity index (χ0n) is 9.98. The van der Waals surface area contributed by atoms with Gasteiger partial charge in [0.05, 0.1) is 34.4 Å². The van der Waals surface area contributed by atoms with Crippen LogP contribution in [0.2, 0.25) is 5.02 Å². The van der Waals surface area contributed by atoms with E-state index in [1.165, 1.54) is 11.3 Å². The molecule has 0 saturated heterocycles. The van der Waals surface area contributed by atoms with Crippen molar-refractivity contribution in [3.05, 3.63) is 45.4 Å². The first kappa shape index (κ1) is 12.6. The Kier molecular flexibility index (Phi) is 3.50. The molecular weight excluding hydrogens is 284 g/mol. The summed E-state index contributed by atoms with van der Waals surface area (Å²) in [6, 6.07) is 6.95. The minimum absolute atomic E-state index is 0.238. The molecule has 1 aliphatic rings. The molecule has 0 aliphatic carbocycles. The molecule has 98 valence electrons. The third kappa shape index (κ3) is 2.63. The van der Waals surface area contributed by atoms with Crippen LogP contribution in [0.1, 0.15) is 20.9 Å². The van der Waals surface area contributed by atoms with Gasteiger partial charge in [-0.3, -0.25) is 10.1 Å². The smallest absolute Gasteiger partial charge is 0.258 e. The van der Waals surface area contributed by atoms with Gasteiger partial charge in [-0.15, -0.1) is 0 Å². The van der Waals surface area contributed by atoms with Crippen molar-refractivity contribution in [3.8, 4) is 0 Å². The van der Waals surface area contributed by atoms with Crippen LogP contribution >= 0.6 is 22.9 Å². The second-order valence-electron chi connectivity index (χ2n) is 4.13. The summed E-state index contributed by atoms with van der Waals surface area (Å²) in [6.07, 6.45) is 0.799. The molecule has 0 unspecified atom stereocenters. The van der Waals surface area contributed by atoms with Crippen LogP contribution < -0.4 is 5.32 Å². The molecule has 1 aliphatic heterocycles. The maximum atomic E-state index is 12.1. The van der Waals surface area contributed by atoms with Crippen LogP contribution in [0.4, 0.5) is 5.13 Å². The predicted molar refractivity (Wildman–Crippen MR) is 74.9 cm³/mol. The molecule has 1 aromatic carbocycles. The van der Waals surface area contributed by atoms with E-state index in [0.29, 0.717) is 28.9 Å². The standard InChI is InChI=1S/C13H11ClN2O2S/c14-9-4-2-1-3-8(9)12(17)16-13-15-10-5-6-18-7-11(10)19-13/h1-4H,5-7H2,(H,15,16,17). The fourth-order valence-corrected chi connectivity index (χ4v) is 3.05. The van der Waals surface area contributed by atoms with Crippen molar-refractivity contribution < 1.29 is 9.53 Å². The van der Waals surface area contributed by atoms with Crippen LogP contribution in [0.15, 0.2) is 24.3 Å². The number of carbonyl (C=O) groups is 1. The van der Waals surface area contributed by atoms with E-state index in [9.17, 15) is 4.79 Å². The molecule has 0 atom stereocenters. The van der Waals surface area contributed by atoms with Crippen molar-refractivity contribution in [1.29, 1.82) is 0 Å². The molecule has 4 nitrogen and oxygen atoms in total. The number of ether oxygens (including phenoxy) is 1. The lowest BCUT2D eigenvalue weighted by Crippen LogP contribution is -2.12. The first-order chi connectivity index (χ1) is 9.24. The molecule has 1 amide bonds. The van der Waals surface area contributed by atoms with E-state index < -0.39 is 0 Å². The average Bonchev–Trinajstić information content (AvgIpc) is 2.81. The van der Waals surface area contributed by atoms with Crippen molar-refractivity contribution >= 4 is 34.0 Å². The van der Waals surface area contributed by atoms with Crippen molar-refractivity contribution in [2.45, 2.75) is 13.0 Å². The van der Waals surface area contributed by atoms with Gasteiger partial charge in [-0.05, 0) is 12.1 Å². The van der Waals surface area contributed by atoms with Crippen molar-refractivity contribution in [3.63, 3.8) is 0 Å². The molecule has 0 bridgehead atoms. The monoisotopic (exact) mass is 294 g/mol. The largest absolute Gasteiger partial charge is 0.375 e. The van der Waals surface area contributed by atoms with Crippen molar-refractivity contribution in [1.82, 2.24) is 4.98 Å². The fraction of sp³-hybridized carbons (Fsp3) is 0.231. The number of nitrogens with one attached hydrogen (secondary N) is 1. The van der Waals surface area contributed by atoms with E-state index in [4.69, 9.17) is 16.3 Å². The lowest BCUT2D eigenvalue weighted by molar-refractivity contribution is 0.102. The lowest BCUT2D eigenvalue weighted by atomic mass is 10.2. The molecule has 0 fully saturated rings. The number of benzene rings is 1. The van der Waals surface area contributed by atoms with Crippen LogP contribution in [0.3, 0.4) is 0 Å². The second kappa shape index (κ2) is 5.28. The fourth-order valence-electron chi connectivity index (χ4n) is 1.89. The zero-order chi connectivity index (χ0) is 13.2. The Bertz CT molecular complexity index is 603. The topological polar surface area (TPSA) is 51.2 Å². The third-order valence-electron chi connectivity index (χ3n) is 2.83. The molecule has 2 aromatic rings. The van der Waals surface area contributed by atoms with Crippen LogP contribution in [0.5, 0.6) is 0 Å². The summed E-state index contributed by atoms with van der Waals surface area (Å²) < 4.78 is 5.35. The van der Waals surface area contributed by atoms with E-state index in [1.54, 1.807) is 24.3 Å². The molecule has 1 N–H and O–H groups in total. The SMILES string of the molecule is O=C(Nc1nc2c(s1)COCC2)c1ccccc1Cl. The number of hydrogen-bond acceptors (Lipinski definition) is 4. The molecule has 0 saturated carbocycles. The van der Waals surface area contributed by atoms with Crippen molar-refractivity contribution in [2.75, 3.05) is 11.9 Å². The van der Waals surface area contributed by atoms with Crippen LogP contribution in [0.25, 0.3) is 0 Å². The molecule has 1 aromatic heterocycles. The Labute approximate surface area is 119 Å². The summed E-state index contributed by atoms with van der Waals surface area (Å²) in [4.78, 5) is 17.6. The Hall–Kier alpha value is -1.43. The molecule has 2 heterocycles. The molecule has 19 heavy (non-hydrogen) atoms. The minimum Gasteiger partial charge on any atom is -0.375 e. The van der Waals surface area contributed by atoms with Gasteiger partial charge in [0.2, 0.25) is 0 Å². The molecule has 0 spiro atoms. The highest BCUT2D eigenvalue weighted by Gasteiger charge is 2.17. The molecule has 0 radical (unpaired) electrons. The normalized spacial score (nSPS) is 13.9. The van der Waals surface area contributed by atoms with E-state index in [2.05, 4.69) is 10.3 Å². The van der Waals surface area contributed by atoms with Crippen LogP contribution in [-0.2, 0) is 17.8 Å². The Morgan fingerprint density at radius 1 is 1.42 bits per heavy atom. The first-order valence-electron chi connectivity index (χ1n) is 5.86. The summed E-state index contributed by atoms with van der Waals surface area (Å²) in [7, 11) is 0. The highest BCUT2D eigenvalue weighted by molar-refractivity contribution is 7.15. The van der Waals surface area contributed by atoms with Gasteiger partial charge in [-0.25, -0.2) is 4.98 Å². The van der Waals surface area contributed by atoms with Gasteiger partial charge in [0.1, 0.15) is 0 Å². The number of aromatic nitrogens is 1. The van der Waals surface area contributed by atoms with Gasteiger partial charge in [0, 0.05) is 6.42 Å². The minimum atomic E-state index is -0.238. The Morgan fingerprint density at radius 3 is 3.05 bits per heavy atom. The summed E-state index contributed by atoms with van der Waals surface area (Å²) in [5.41, 5.74) is 1.47. The van der Waals surface area contributed by atoms with Crippen molar-refractivity contribution in [2.24, 2.45) is 0 Å². The number of nitrogens with zero attached hydrogens (tertiary/aromatic N) is 1. The number of carbonyl (C=O) groups excluding carboxylic acids is 1. The summed E-state index contributed by atoms with van der Waals surface area (Å²) >= 11 is 7.44. The molecule has 3 rings (SSSR count). The number of amides is 1. The lowest BCUT2D eigenvalue weighted by Gasteiger charge is -2.08. The second-order valence-corrected chi connectivity index (χ2v) is 5.62. The quantitative estimate of drug-likeness (QED) is 0.926. The number of anilines is 1. The van der Waals surface area contributed by atoms with E-state index in [1.807, 2.05) is 0 Å². The van der Waals surface area contributed by atoms with Crippen LogP contribution in [-0.4, -0.2) is 17.5 Å². The predicted octanol–water partition coefficient (Wildman–Crippen LogP) is 3.12. The van der Waals surface area contributed by atoms with E-state index >= 15 is 0 Å². The van der Waals surface area contributed by atoms with Gasteiger partial charge in [-0.2, -0.15) is 0 Å². The van der Waals surface area contributed by atoms with Gasteiger partial charge in [0.15, 0.2) is 5.13 Å². The van der Waals surface area contributed by atoms with Gasteiger partial charge in [0.25, 0.3) is 5.91 Å². The zero-order valence-corrected chi connectivity index (χ0v) is 11.6. The number of rotatable bonds is 2. The Morgan fingerprint density at radius 2 is 2.26 bits per heavy atom. The summed E-state index contributed by atoms with van der Waals surface area (Å²) in [6.45, 7) is 1.27. The van der Waals surface area contributed by atoms with E-state index in [-0.39, 0.29) is 5.91 Å². The molecule has 6 heteroatoms. The average molecular weight is 295 g/mol. The highest BCUT2D eigenvalue weighted by atomic mass is 35.5. The van der Waals surface area contributed by atoms with Gasteiger partial charge >= 0.3 is 0 Å². The van der Waals surface area contributed by atoms with E-state index in [0.717, 1.165) is 17.0 Å². The highest BCUT2D eigenvalue weighted by Crippen LogP contribution is 2.27. The first-order valence-corrected chi connectivity index (χ1v) is 7.05. The van der Waals surface area contributed by atoms with Gasteiger partial charge in [-0.1, -0.05) is 35.1 Å². The number of thiazole rings is 1. The van der Waals surface area contributed by atoms with Crippen LogP contribution in [0, 0.1) is 0 Å². The number of fused-ring (bicyclic) bond motifs is 1.